The van der Waals surface area contributed by atoms with Crippen LogP contribution in [0.1, 0.15) is 16.1 Å². The van der Waals surface area contributed by atoms with Gasteiger partial charge in [0.05, 0.1) is 18.3 Å². The fraction of sp³-hybridized carbons (Fsp3) is 0.111. The van der Waals surface area contributed by atoms with Crippen molar-refractivity contribution in [2.24, 2.45) is 0 Å². The zero-order valence-corrected chi connectivity index (χ0v) is 12.5. The molecule has 0 bridgehead atoms. The van der Waals surface area contributed by atoms with Gasteiger partial charge in [-0.2, -0.15) is 0 Å². The first-order valence-corrected chi connectivity index (χ1v) is 7.00. The summed E-state index contributed by atoms with van der Waals surface area (Å²) >= 11 is 0. The second kappa shape index (κ2) is 5.85. The molecule has 3 rings (SSSR count). The molecular formula is C18H16N2O2. The van der Waals surface area contributed by atoms with Gasteiger partial charge in [-0.25, -0.2) is 9.78 Å². The van der Waals surface area contributed by atoms with E-state index in [1.807, 2.05) is 55.5 Å². The number of aromatic nitrogens is 1. The van der Waals surface area contributed by atoms with Gasteiger partial charge in [-0.1, -0.05) is 36.4 Å². The molecule has 2 aromatic carbocycles. The Kier molecular flexibility index (Phi) is 3.74. The summed E-state index contributed by atoms with van der Waals surface area (Å²) in [5.74, 6) is -0.443. The third kappa shape index (κ3) is 2.63. The predicted octanol–water partition coefficient (Wildman–Crippen LogP) is 4.07. The zero-order valence-electron chi connectivity index (χ0n) is 12.5. The number of carbonyl (C=O) groups excluding carboxylic acids is 1. The van der Waals surface area contributed by atoms with Crippen molar-refractivity contribution in [1.82, 2.24) is 4.98 Å². The van der Waals surface area contributed by atoms with Crippen LogP contribution in [0.25, 0.3) is 10.9 Å². The highest BCUT2D eigenvalue weighted by molar-refractivity contribution is 5.99. The van der Waals surface area contributed by atoms with Crippen LogP contribution in [-0.2, 0) is 4.74 Å². The van der Waals surface area contributed by atoms with E-state index < -0.39 is 5.97 Å². The van der Waals surface area contributed by atoms with E-state index in [1.165, 1.54) is 7.11 Å². The van der Waals surface area contributed by atoms with Gasteiger partial charge >= 0.3 is 5.97 Å². The summed E-state index contributed by atoms with van der Waals surface area (Å²) in [6, 6.07) is 17.5. The first-order valence-electron chi connectivity index (χ1n) is 7.00. The van der Waals surface area contributed by atoms with E-state index in [4.69, 9.17) is 4.74 Å². The molecule has 0 atom stereocenters. The van der Waals surface area contributed by atoms with E-state index in [9.17, 15) is 4.79 Å². The molecule has 4 nitrogen and oxygen atoms in total. The number of rotatable bonds is 3. The number of nitrogens with zero attached hydrogens (tertiary/aromatic N) is 1. The number of aryl methyl sites for hydroxylation is 1. The van der Waals surface area contributed by atoms with Crippen molar-refractivity contribution >= 4 is 28.2 Å². The maximum absolute atomic E-state index is 11.9. The number of carbonyl (C=O) groups is 1. The lowest BCUT2D eigenvalue weighted by Crippen LogP contribution is -2.06. The summed E-state index contributed by atoms with van der Waals surface area (Å²) < 4.78 is 4.80. The highest BCUT2D eigenvalue weighted by Crippen LogP contribution is 2.28. The van der Waals surface area contributed by atoms with Gasteiger partial charge in [-0.15, -0.1) is 0 Å². The minimum atomic E-state index is -0.443. The lowest BCUT2D eigenvalue weighted by atomic mass is 10.1. The van der Waals surface area contributed by atoms with Crippen LogP contribution in [0.4, 0.5) is 11.4 Å². The Morgan fingerprint density at radius 3 is 2.59 bits per heavy atom. The number of hydrogen-bond acceptors (Lipinski definition) is 4. The summed E-state index contributed by atoms with van der Waals surface area (Å²) in [5, 5.41) is 4.31. The molecule has 0 unspecified atom stereocenters. The summed E-state index contributed by atoms with van der Waals surface area (Å²) in [7, 11) is 1.36. The minimum Gasteiger partial charge on any atom is -0.464 e. The van der Waals surface area contributed by atoms with E-state index in [0.717, 1.165) is 27.8 Å². The number of para-hydroxylation sites is 2. The predicted molar refractivity (Wildman–Crippen MR) is 87.5 cm³/mol. The fourth-order valence-electron chi connectivity index (χ4n) is 2.38. The van der Waals surface area contributed by atoms with Crippen molar-refractivity contribution in [1.29, 1.82) is 0 Å². The van der Waals surface area contributed by atoms with Gasteiger partial charge < -0.3 is 10.1 Å². The van der Waals surface area contributed by atoms with E-state index >= 15 is 0 Å². The first kappa shape index (κ1) is 14.1. The molecule has 22 heavy (non-hydrogen) atoms. The van der Waals surface area contributed by atoms with E-state index in [2.05, 4.69) is 10.3 Å². The van der Waals surface area contributed by atoms with E-state index in [1.54, 1.807) is 6.07 Å². The number of ether oxygens (including phenoxy) is 1. The number of methoxy groups -OCH3 is 1. The number of esters is 1. The van der Waals surface area contributed by atoms with Crippen molar-refractivity contribution < 1.29 is 9.53 Å². The second-order valence-electron chi connectivity index (χ2n) is 5.01. The fourth-order valence-corrected chi connectivity index (χ4v) is 2.38. The Hall–Kier alpha value is -2.88. The molecule has 0 aliphatic rings. The number of fused-ring (bicyclic) bond motifs is 1. The molecule has 0 saturated carbocycles. The molecule has 0 saturated heterocycles. The van der Waals surface area contributed by atoms with Crippen LogP contribution in [0.5, 0.6) is 0 Å². The van der Waals surface area contributed by atoms with Crippen molar-refractivity contribution in [3.05, 3.63) is 65.9 Å². The molecule has 0 radical (unpaired) electrons. The molecule has 1 heterocycles. The maximum atomic E-state index is 11.9. The Morgan fingerprint density at radius 2 is 1.86 bits per heavy atom. The average molecular weight is 292 g/mol. The molecule has 110 valence electrons. The number of anilines is 2. The SMILES string of the molecule is COC(=O)c1cc(Nc2ccccc2)c2cccc(C)c2n1. The topological polar surface area (TPSA) is 51.2 Å². The van der Waals surface area contributed by atoms with Crippen LogP contribution in [0.3, 0.4) is 0 Å². The van der Waals surface area contributed by atoms with Gasteiger partial charge in [-0.05, 0) is 30.7 Å². The summed E-state index contributed by atoms with van der Waals surface area (Å²) in [6.45, 7) is 1.97. The average Bonchev–Trinajstić information content (AvgIpc) is 2.55. The third-order valence-corrected chi connectivity index (χ3v) is 3.49. The van der Waals surface area contributed by atoms with Crippen LogP contribution in [0.2, 0.25) is 0 Å². The molecule has 0 aliphatic carbocycles. The molecule has 0 amide bonds. The smallest absolute Gasteiger partial charge is 0.356 e. The Bertz CT molecular complexity index is 829. The van der Waals surface area contributed by atoms with Gasteiger partial charge in [0.1, 0.15) is 0 Å². The largest absolute Gasteiger partial charge is 0.464 e. The summed E-state index contributed by atoms with van der Waals surface area (Å²) in [5.41, 5.74) is 3.89. The Balaban J connectivity index is 2.18. The molecular weight excluding hydrogens is 276 g/mol. The molecule has 0 fully saturated rings. The van der Waals surface area contributed by atoms with Crippen molar-refractivity contribution in [2.45, 2.75) is 6.92 Å². The van der Waals surface area contributed by atoms with Crippen molar-refractivity contribution in [3.63, 3.8) is 0 Å². The number of hydrogen-bond donors (Lipinski definition) is 1. The highest BCUT2D eigenvalue weighted by atomic mass is 16.5. The number of pyridine rings is 1. The van der Waals surface area contributed by atoms with Gasteiger partial charge in [0.2, 0.25) is 0 Å². The van der Waals surface area contributed by atoms with Crippen LogP contribution < -0.4 is 5.32 Å². The standard InChI is InChI=1S/C18H16N2O2/c1-12-7-6-10-14-15(19-13-8-4-3-5-9-13)11-16(18(21)22-2)20-17(12)14/h3-11H,1-2H3,(H,19,20). The highest BCUT2D eigenvalue weighted by Gasteiger charge is 2.13. The minimum absolute atomic E-state index is 0.294. The third-order valence-electron chi connectivity index (χ3n) is 3.49. The Morgan fingerprint density at radius 1 is 1.09 bits per heavy atom. The van der Waals surface area contributed by atoms with E-state index in [-0.39, 0.29) is 0 Å². The molecule has 3 aromatic rings. The molecule has 4 heteroatoms. The Labute approximate surface area is 128 Å². The monoisotopic (exact) mass is 292 g/mol. The van der Waals surface area contributed by atoms with Gasteiger partial charge in [0, 0.05) is 11.1 Å². The summed E-state index contributed by atoms with van der Waals surface area (Å²) in [6.07, 6.45) is 0. The first-order chi connectivity index (χ1) is 10.7. The lowest BCUT2D eigenvalue weighted by Gasteiger charge is -2.12. The molecule has 0 spiro atoms. The normalized spacial score (nSPS) is 10.5. The second-order valence-corrected chi connectivity index (χ2v) is 5.01. The number of benzene rings is 2. The quantitative estimate of drug-likeness (QED) is 0.739. The summed E-state index contributed by atoms with van der Waals surface area (Å²) in [4.78, 5) is 16.3. The maximum Gasteiger partial charge on any atom is 0.356 e. The van der Waals surface area contributed by atoms with Crippen LogP contribution >= 0.6 is 0 Å². The van der Waals surface area contributed by atoms with Gasteiger partial charge in [-0.3, -0.25) is 0 Å². The lowest BCUT2D eigenvalue weighted by molar-refractivity contribution is 0.0594. The van der Waals surface area contributed by atoms with Gasteiger partial charge in [0.15, 0.2) is 5.69 Å². The number of nitrogens with one attached hydrogen (secondary N) is 1. The zero-order chi connectivity index (χ0) is 15.5. The van der Waals surface area contributed by atoms with Crippen LogP contribution in [0, 0.1) is 6.92 Å². The molecule has 1 N–H and O–H groups in total. The van der Waals surface area contributed by atoms with Crippen molar-refractivity contribution in [3.8, 4) is 0 Å². The van der Waals surface area contributed by atoms with Crippen LogP contribution in [0.15, 0.2) is 54.6 Å². The molecule has 1 aromatic heterocycles. The van der Waals surface area contributed by atoms with Crippen LogP contribution in [-0.4, -0.2) is 18.1 Å². The van der Waals surface area contributed by atoms with Gasteiger partial charge in [0.25, 0.3) is 0 Å². The van der Waals surface area contributed by atoms with E-state index in [0.29, 0.717) is 5.69 Å². The van der Waals surface area contributed by atoms with Crippen molar-refractivity contribution in [2.75, 3.05) is 12.4 Å². The molecule has 0 aliphatic heterocycles.